The van der Waals surface area contributed by atoms with Gasteiger partial charge in [-0.3, -0.25) is 20.3 Å². The molecule has 0 fully saturated rings. The molecule has 2 N–H and O–H groups in total. The van der Waals surface area contributed by atoms with Gasteiger partial charge >= 0.3 is 12.1 Å². The van der Waals surface area contributed by atoms with Crippen LogP contribution in [-0.4, -0.2) is 38.2 Å². The summed E-state index contributed by atoms with van der Waals surface area (Å²) >= 11 is 0. The molecule has 3 rings (SSSR count). The number of nitrogens with one attached hydrogen (secondary N) is 2. The van der Waals surface area contributed by atoms with Gasteiger partial charge in [-0.1, -0.05) is 30.3 Å². The van der Waals surface area contributed by atoms with E-state index in [1.54, 1.807) is 37.3 Å². The van der Waals surface area contributed by atoms with Crippen LogP contribution in [0.3, 0.4) is 0 Å². The lowest BCUT2D eigenvalue weighted by atomic mass is 10.1. The number of ether oxygens (including phenoxy) is 1. The summed E-state index contributed by atoms with van der Waals surface area (Å²) in [7, 11) is 1.44. The van der Waals surface area contributed by atoms with Crippen LogP contribution in [0.5, 0.6) is 0 Å². The molecule has 2 heterocycles. The number of hydrogen-bond donors (Lipinski definition) is 2. The van der Waals surface area contributed by atoms with Crippen LogP contribution < -0.4 is 10.9 Å². The van der Waals surface area contributed by atoms with E-state index in [1.807, 2.05) is 0 Å². The highest BCUT2D eigenvalue weighted by molar-refractivity contribution is 5.96. The summed E-state index contributed by atoms with van der Waals surface area (Å²) in [6.07, 6.45) is -4.72. The molecule has 0 atom stereocenters. The monoisotopic (exact) mass is 434 g/mol. The number of hydrazine groups is 1. The number of carbonyl (C=O) groups is 2. The Hall–Kier alpha value is -3.96. The standard InChI is InChI=1S/C19H17F3N6O3/c1-3-31-17(30)14-9-13(27-28(14)2)16(29)25-26-18-23-12(11-7-5-4-6-8-11)10-15(24-18)19(20,21)22/h4-10H,3H2,1-2H3,(H,25,29)(H,23,24,26). The summed E-state index contributed by atoms with van der Waals surface area (Å²) in [5, 5.41) is 3.89. The Morgan fingerprint density at radius 1 is 1.13 bits per heavy atom. The number of aromatic nitrogens is 4. The molecule has 9 nitrogen and oxygen atoms in total. The highest BCUT2D eigenvalue weighted by Crippen LogP contribution is 2.30. The molecule has 0 spiro atoms. The minimum atomic E-state index is -4.72. The van der Waals surface area contributed by atoms with E-state index in [2.05, 4.69) is 25.9 Å². The second-order valence-corrected chi connectivity index (χ2v) is 6.16. The first kappa shape index (κ1) is 21.7. The van der Waals surface area contributed by atoms with Crippen LogP contribution in [0.1, 0.15) is 33.6 Å². The number of alkyl halides is 3. The zero-order valence-corrected chi connectivity index (χ0v) is 16.4. The Morgan fingerprint density at radius 2 is 1.84 bits per heavy atom. The Morgan fingerprint density at radius 3 is 2.48 bits per heavy atom. The van der Waals surface area contributed by atoms with Gasteiger partial charge in [-0.25, -0.2) is 14.8 Å². The maximum Gasteiger partial charge on any atom is 0.433 e. The molecule has 0 aliphatic carbocycles. The lowest BCUT2D eigenvalue weighted by molar-refractivity contribution is -0.141. The molecule has 1 aromatic carbocycles. The molecule has 1 amide bonds. The van der Waals surface area contributed by atoms with E-state index < -0.39 is 29.7 Å². The summed E-state index contributed by atoms with van der Waals surface area (Å²) in [6, 6.07) is 10.2. The molecular weight excluding hydrogens is 417 g/mol. The fraction of sp³-hybridized carbons (Fsp3) is 0.211. The van der Waals surface area contributed by atoms with Crippen LogP contribution in [0.2, 0.25) is 0 Å². The maximum absolute atomic E-state index is 13.3. The van der Waals surface area contributed by atoms with E-state index in [9.17, 15) is 22.8 Å². The maximum atomic E-state index is 13.3. The minimum Gasteiger partial charge on any atom is -0.461 e. The zero-order valence-electron chi connectivity index (χ0n) is 16.4. The average Bonchev–Trinajstić information content (AvgIpc) is 3.14. The van der Waals surface area contributed by atoms with Crippen LogP contribution in [0.15, 0.2) is 42.5 Å². The summed E-state index contributed by atoms with van der Waals surface area (Å²) in [5.41, 5.74) is 3.59. The number of amides is 1. The van der Waals surface area contributed by atoms with Gasteiger partial charge in [-0.05, 0) is 13.0 Å². The number of aryl methyl sites for hydroxylation is 1. The molecule has 0 bridgehead atoms. The number of carbonyl (C=O) groups excluding carboxylic acids is 2. The van der Waals surface area contributed by atoms with Gasteiger partial charge in [-0.2, -0.15) is 18.3 Å². The second-order valence-electron chi connectivity index (χ2n) is 6.16. The van der Waals surface area contributed by atoms with E-state index in [4.69, 9.17) is 4.74 Å². The molecule has 0 radical (unpaired) electrons. The number of benzene rings is 1. The Labute approximate surface area is 174 Å². The molecule has 162 valence electrons. The van der Waals surface area contributed by atoms with Crippen molar-refractivity contribution in [3.63, 3.8) is 0 Å². The molecule has 0 saturated carbocycles. The summed E-state index contributed by atoms with van der Waals surface area (Å²) in [6.45, 7) is 1.77. The third kappa shape index (κ3) is 5.15. The fourth-order valence-electron chi connectivity index (χ4n) is 2.56. The Bertz CT molecular complexity index is 1100. The topological polar surface area (TPSA) is 111 Å². The fourth-order valence-corrected chi connectivity index (χ4v) is 2.56. The smallest absolute Gasteiger partial charge is 0.433 e. The first-order valence-corrected chi connectivity index (χ1v) is 8.98. The average molecular weight is 434 g/mol. The molecule has 0 saturated heterocycles. The number of anilines is 1. The lowest BCUT2D eigenvalue weighted by Crippen LogP contribution is -2.31. The van der Waals surface area contributed by atoms with Crippen LogP contribution in [0, 0.1) is 0 Å². The third-order valence-electron chi connectivity index (χ3n) is 3.97. The van der Waals surface area contributed by atoms with Gasteiger partial charge in [0.15, 0.2) is 11.4 Å². The molecule has 2 aromatic heterocycles. The molecule has 0 unspecified atom stereocenters. The van der Waals surface area contributed by atoms with E-state index >= 15 is 0 Å². The van der Waals surface area contributed by atoms with Crippen molar-refractivity contribution < 1.29 is 27.5 Å². The van der Waals surface area contributed by atoms with Crippen molar-refractivity contribution in [3.05, 3.63) is 59.5 Å². The first-order valence-electron chi connectivity index (χ1n) is 8.98. The summed E-state index contributed by atoms with van der Waals surface area (Å²) in [4.78, 5) is 31.6. The highest BCUT2D eigenvalue weighted by atomic mass is 19.4. The largest absolute Gasteiger partial charge is 0.461 e. The molecule has 0 aliphatic rings. The van der Waals surface area contributed by atoms with E-state index in [1.165, 1.54) is 13.1 Å². The SMILES string of the molecule is CCOC(=O)c1cc(C(=O)NNc2nc(-c3ccccc3)cc(C(F)(F)F)n2)nn1C. The van der Waals surface area contributed by atoms with Gasteiger partial charge in [0.05, 0.1) is 12.3 Å². The predicted octanol–water partition coefficient (Wildman–Crippen LogP) is 2.83. The number of rotatable bonds is 6. The highest BCUT2D eigenvalue weighted by Gasteiger charge is 2.34. The first-order chi connectivity index (χ1) is 14.7. The van der Waals surface area contributed by atoms with Gasteiger partial charge < -0.3 is 4.74 Å². The number of halogens is 3. The molecule has 12 heteroatoms. The van der Waals surface area contributed by atoms with Crippen LogP contribution in [0.25, 0.3) is 11.3 Å². The molecule has 0 aliphatic heterocycles. The van der Waals surface area contributed by atoms with Crippen molar-refractivity contribution in [2.45, 2.75) is 13.1 Å². The van der Waals surface area contributed by atoms with E-state index in [0.29, 0.717) is 5.56 Å². The van der Waals surface area contributed by atoms with E-state index in [-0.39, 0.29) is 23.7 Å². The van der Waals surface area contributed by atoms with Crippen LogP contribution in [-0.2, 0) is 18.0 Å². The quantitative estimate of drug-likeness (QED) is 0.453. The lowest BCUT2D eigenvalue weighted by Gasteiger charge is -2.12. The molecule has 3 aromatic rings. The summed E-state index contributed by atoms with van der Waals surface area (Å²) < 4.78 is 45.8. The normalized spacial score (nSPS) is 11.1. The van der Waals surface area contributed by atoms with Crippen molar-refractivity contribution in [3.8, 4) is 11.3 Å². The van der Waals surface area contributed by atoms with Gasteiger partial charge in [0.2, 0.25) is 5.95 Å². The van der Waals surface area contributed by atoms with Crippen LogP contribution >= 0.6 is 0 Å². The van der Waals surface area contributed by atoms with Crippen molar-refractivity contribution in [1.29, 1.82) is 0 Å². The van der Waals surface area contributed by atoms with Gasteiger partial charge in [0.25, 0.3) is 5.91 Å². The van der Waals surface area contributed by atoms with Gasteiger partial charge in [0, 0.05) is 18.7 Å². The summed E-state index contributed by atoms with van der Waals surface area (Å²) in [5.74, 6) is -1.95. The van der Waals surface area contributed by atoms with Crippen molar-refractivity contribution >= 4 is 17.8 Å². The molecule has 31 heavy (non-hydrogen) atoms. The van der Waals surface area contributed by atoms with Crippen molar-refractivity contribution in [2.24, 2.45) is 7.05 Å². The van der Waals surface area contributed by atoms with Crippen LogP contribution in [0.4, 0.5) is 19.1 Å². The third-order valence-corrected chi connectivity index (χ3v) is 3.97. The molecular formula is C19H17F3N6O3. The van der Waals surface area contributed by atoms with Crippen molar-refractivity contribution in [2.75, 3.05) is 12.0 Å². The predicted molar refractivity (Wildman–Crippen MR) is 103 cm³/mol. The second kappa shape index (κ2) is 8.81. The number of esters is 1. The van der Waals surface area contributed by atoms with Crippen molar-refractivity contribution in [1.82, 2.24) is 25.2 Å². The van der Waals surface area contributed by atoms with Gasteiger partial charge in [0.1, 0.15) is 5.69 Å². The van der Waals surface area contributed by atoms with Gasteiger partial charge in [-0.15, -0.1) is 0 Å². The zero-order chi connectivity index (χ0) is 22.6. The van der Waals surface area contributed by atoms with E-state index in [0.717, 1.165) is 10.7 Å². The Kier molecular flexibility index (Phi) is 6.18. The minimum absolute atomic E-state index is 0.0158. The number of nitrogens with zero attached hydrogens (tertiary/aromatic N) is 4. The number of hydrogen-bond acceptors (Lipinski definition) is 7. The Balaban J connectivity index is 1.82.